The number of phenols is 2. The molecule has 3 aromatic carbocycles. The van der Waals surface area contributed by atoms with Crippen LogP contribution in [0.3, 0.4) is 0 Å². The SMILES string of the molecule is O=C(O)c1cc(O)c(N=Nc2ccc(S(=O)(=O)CCOS(=O)(=O)O)cc2)c(O)c1N=Nc1ccc(S(=O)(=O)CCOS(=O)(=O)O)cc1S(=O)(=O)O. The van der Waals surface area contributed by atoms with Crippen molar-refractivity contribution >= 4 is 79.3 Å². The van der Waals surface area contributed by atoms with Crippen LogP contribution in [0.2, 0.25) is 0 Å². The number of nitrogens with zero attached hydrogens (tertiary/aromatic N) is 4. The van der Waals surface area contributed by atoms with Crippen molar-refractivity contribution < 1.29 is 84.2 Å². The molecule has 23 nitrogen and oxygen atoms in total. The Morgan fingerprint density at radius 2 is 1.12 bits per heavy atom. The Morgan fingerprint density at radius 3 is 1.61 bits per heavy atom. The Morgan fingerprint density at radius 1 is 0.627 bits per heavy atom. The van der Waals surface area contributed by atoms with E-state index < -0.39 is 125 Å². The highest BCUT2D eigenvalue weighted by molar-refractivity contribution is 7.92. The van der Waals surface area contributed by atoms with Crippen LogP contribution in [0.25, 0.3) is 0 Å². The Kier molecular flexibility index (Phi) is 12.3. The van der Waals surface area contributed by atoms with Crippen LogP contribution in [0.5, 0.6) is 11.5 Å². The van der Waals surface area contributed by atoms with Crippen LogP contribution < -0.4 is 0 Å². The second-order valence-corrected chi connectivity index (χ2v) is 17.2. The fourth-order valence-corrected chi connectivity index (χ4v) is 7.36. The number of benzene rings is 3. The molecule has 0 saturated carbocycles. The highest BCUT2D eigenvalue weighted by Gasteiger charge is 2.25. The fraction of sp³-hybridized carbons (Fsp3) is 0.174. The zero-order valence-corrected chi connectivity index (χ0v) is 28.9. The number of aromatic carboxylic acids is 1. The van der Waals surface area contributed by atoms with Crippen LogP contribution >= 0.6 is 0 Å². The first-order valence-electron chi connectivity index (χ1n) is 12.9. The first-order chi connectivity index (χ1) is 23.3. The molecule has 0 aliphatic rings. The van der Waals surface area contributed by atoms with Gasteiger partial charge in [0.05, 0.1) is 45.8 Å². The number of carboxylic acid groups (broad SMARTS) is 1. The molecular formula is C23H22N4O19S5. The molecule has 0 aliphatic carbocycles. The molecule has 51 heavy (non-hydrogen) atoms. The lowest BCUT2D eigenvalue weighted by atomic mass is 10.1. The van der Waals surface area contributed by atoms with Gasteiger partial charge in [-0.05, 0) is 48.5 Å². The molecule has 0 unspecified atom stereocenters. The standard InChI is InChI=1S/C23H22N4O19S5/c28-18-12-16(23(30)31)20(22(29)21(18)27-24-13-1-3-14(4-2-13)47(32,33)9-7-45-50(39,40)41)26-25-17-6-5-15(11-19(17)49(36,37)38)48(34,35)10-8-46-51(42,43)44/h1-6,11-12,28-29H,7-10H2,(H,30,31)(H,36,37,38)(H,39,40,41)(H,42,43,44). The number of aromatic hydroxyl groups is 2. The van der Waals surface area contributed by atoms with E-state index in [1.807, 2.05) is 0 Å². The molecule has 0 fully saturated rings. The lowest BCUT2D eigenvalue weighted by Crippen LogP contribution is -2.16. The van der Waals surface area contributed by atoms with Gasteiger partial charge in [0.1, 0.15) is 22.0 Å². The van der Waals surface area contributed by atoms with E-state index in [0.29, 0.717) is 18.2 Å². The number of azo groups is 2. The molecule has 6 N–H and O–H groups in total. The second kappa shape index (κ2) is 15.4. The second-order valence-electron chi connectivity index (χ2n) is 9.43. The van der Waals surface area contributed by atoms with Gasteiger partial charge in [-0.2, -0.15) is 30.4 Å². The van der Waals surface area contributed by atoms with E-state index in [1.54, 1.807) is 0 Å². The summed E-state index contributed by atoms with van der Waals surface area (Å²) in [6.07, 6.45) is 0. The molecule has 0 aliphatic heterocycles. The molecule has 0 saturated heterocycles. The van der Waals surface area contributed by atoms with Gasteiger partial charge >= 0.3 is 26.8 Å². The summed E-state index contributed by atoms with van der Waals surface area (Å²) in [7, 11) is -23.8. The van der Waals surface area contributed by atoms with E-state index in [0.717, 1.165) is 30.3 Å². The number of carboxylic acids is 1. The monoisotopic (exact) mass is 818 g/mol. The van der Waals surface area contributed by atoms with E-state index in [9.17, 15) is 66.8 Å². The molecule has 3 aromatic rings. The third kappa shape index (κ3) is 11.5. The Hall–Kier alpha value is -4.52. The summed E-state index contributed by atoms with van der Waals surface area (Å²) < 4.78 is 151. The molecular weight excluding hydrogens is 797 g/mol. The summed E-state index contributed by atoms with van der Waals surface area (Å²) in [4.78, 5) is 9.51. The number of hydrogen-bond acceptors (Lipinski definition) is 19. The number of carbonyl (C=O) groups is 1. The quantitative estimate of drug-likeness (QED) is 0.0889. The van der Waals surface area contributed by atoms with E-state index >= 15 is 0 Å². The average molecular weight is 819 g/mol. The molecule has 0 amide bonds. The van der Waals surface area contributed by atoms with Gasteiger partial charge < -0.3 is 15.3 Å². The van der Waals surface area contributed by atoms with Crippen molar-refractivity contribution in [2.24, 2.45) is 20.5 Å². The van der Waals surface area contributed by atoms with Crippen molar-refractivity contribution in [1.29, 1.82) is 0 Å². The first-order valence-corrected chi connectivity index (χ1v) is 20.3. The predicted octanol–water partition coefficient (Wildman–Crippen LogP) is 2.06. The fourth-order valence-electron chi connectivity index (χ4n) is 3.64. The van der Waals surface area contributed by atoms with Gasteiger partial charge in [0, 0.05) is 0 Å². The molecule has 0 radical (unpaired) electrons. The molecule has 0 spiro atoms. The third-order valence-electron chi connectivity index (χ3n) is 5.91. The maximum Gasteiger partial charge on any atom is 0.397 e. The molecule has 0 heterocycles. The molecule has 3 rings (SSSR count). The minimum Gasteiger partial charge on any atom is -0.505 e. The van der Waals surface area contributed by atoms with Crippen LogP contribution in [0.4, 0.5) is 22.7 Å². The summed E-state index contributed by atoms with van der Waals surface area (Å²) in [5.41, 5.74) is -3.62. The minimum absolute atomic E-state index is 0.107. The lowest BCUT2D eigenvalue weighted by Gasteiger charge is -2.09. The van der Waals surface area contributed by atoms with E-state index in [-0.39, 0.29) is 10.6 Å². The van der Waals surface area contributed by atoms with E-state index in [4.69, 9.17) is 9.11 Å². The lowest BCUT2D eigenvalue weighted by molar-refractivity contribution is 0.0696. The Bertz CT molecular complexity index is 2460. The van der Waals surface area contributed by atoms with Crippen LogP contribution in [0.15, 0.2) is 83.7 Å². The molecule has 278 valence electrons. The summed E-state index contributed by atoms with van der Waals surface area (Å²) in [5, 5.41) is 44.9. The van der Waals surface area contributed by atoms with Gasteiger partial charge in [-0.1, -0.05) is 0 Å². The predicted molar refractivity (Wildman–Crippen MR) is 167 cm³/mol. The normalized spacial score (nSPS) is 13.2. The van der Waals surface area contributed by atoms with Crippen LogP contribution in [-0.2, 0) is 59.0 Å². The number of sulfone groups is 2. The van der Waals surface area contributed by atoms with Gasteiger partial charge in [0.15, 0.2) is 31.1 Å². The van der Waals surface area contributed by atoms with Gasteiger partial charge in [-0.3, -0.25) is 13.7 Å². The van der Waals surface area contributed by atoms with Crippen LogP contribution in [0.1, 0.15) is 10.4 Å². The number of rotatable bonds is 16. The molecule has 0 bridgehead atoms. The van der Waals surface area contributed by atoms with Gasteiger partial charge in [0.25, 0.3) is 10.1 Å². The van der Waals surface area contributed by atoms with Crippen molar-refractivity contribution in [3.05, 3.63) is 54.1 Å². The molecule has 28 heteroatoms. The topological polar surface area (TPSA) is 377 Å². The van der Waals surface area contributed by atoms with Crippen LogP contribution in [0, 0.1) is 0 Å². The van der Waals surface area contributed by atoms with E-state index in [1.165, 1.54) is 0 Å². The number of phenolic OH excluding ortho intramolecular Hbond substituents is 2. The van der Waals surface area contributed by atoms with Crippen LogP contribution in [-0.4, -0.2) is 102 Å². The third-order valence-corrected chi connectivity index (χ3v) is 11.1. The minimum atomic E-state index is -5.29. The Labute approximate surface area is 288 Å². The van der Waals surface area contributed by atoms with Gasteiger partial charge in [-0.15, -0.1) is 15.3 Å². The summed E-state index contributed by atoms with van der Waals surface area (Å²) in [6.45, 7) is -1.97. The van der Waals surface area contributed by atoms with Gasteiger partial charge in [-0.25, -0.2) is 30.0 Å². The maximum absolute atomic E-state index is 12.5. The van der Waals surface area contributed by atoms with E-state index in [2.05, 4.69) is 28.8 Å². The zero-order chi connectivity index (χ0) is 38.6. The smallest absolute Gasteiger partial charge is 0.397 e. The summed E-state index contributed by atoms with van der Waals surface area (Å²) >= 11 is 0. The zero-order valence-electron chi connectivity index (χ0n) is 24.8. The van der Waals surface area contributed by atoms with Crippen molar-refractivity contribution in [3.8, 4) is 11.5 Å². The summed E-state index contributed by atoms with van der Waals surface area (Å²) in [5.74, 6) is -5.90. The highest BCUT2D eigenvalue weighted by atomic mass is 32.3. The largest absolute Gasteiger partial charge is 0.505 e. The summed E-state index contributed by atoms with van der Waals surface area (Å²) in [6, 6.07) is 6.57. The highest BCUT2D eigenvalue weighted by Crippen LogP contribution is 2.47. The Balaban J connectivity index is 1.99. The number of hydrogen-bond donors (Lipinski definition) is 6. The molecule has 0 atom stereocenters. The first kappa shape index (κ1) is 40.9. The van der Waals surface area contributed by atoms with Crippen molar-refractivity contribution in [1.82, 2.24) is 0 Å². The van der Waals surface area contributed by atoms with Crippen molar-refractivity contribution in [3.63, 3.8) is 0 Å². The van der Waals surface area contributed by atoms with Gasteiger partial charge in [0.2, 0.25) is 0 Å². The molecule has 0 aromatic heterocycles. The van der Waals surface area contributed by atoms with Crippen molar-refractivity contribution in [2.45, 2.75) is 14.7 Å². The maximum atomic E-state index is 12.5. The van der Waals surface area contributed by atoms with Crippen molar-refractivity contribution in [2.75, 3.05) is 24.7 Å². The average Bonchev–Trinajstić information content (AvgIpc) is 2.98.